The van der Waals surface area contributed by atoms with Crippen molar-refractivity contribution in [1.82, 2.24) is 4.98 Å². The van der Waals surface area contributed by atoms with Crippen molar-refractivity contribution >= 4 is 23.2 Å². The van der Waals surface area contributed by atoms with Crippen LogP contribution in [0.2, 0.25) is 0 Å². The van der Waals surface area contributed by atoms with Crippen LogP contribution in [0.3, 0.4) is 0 Å². The highest BCUT2D eigenvalue weighted by Crippen LogP contribution is 2.18. The Bertz CT molecular complexity index is 1020. The third-order valence-corrected chi connectivity index (χ3v) is 3.86. The first kappa shape index (κ1) is 20.0. The number of nitrogens with one attached hydrogen (secondary N) is 2. The number of para-hydroxylation sites is 1. The zero-order valence-electron chi connectivity index (χ0n) is 16.0. The highest BCUT2D eigenvalue weighted by molar-refractivity contribution is 6.07. The molecule has 0 radical (unpaired) electrons. The van der Waals surface area contributed by atoms with Crippen LogP contribution in [-0.4, -0.2) is 22.9 Å². The summed E-state index contributed by atoms with van der Waals surface area (Å²) in [5, 5.41) is 5.19. The number of nitrogens with zero attached hydrogens (tertiary/aromatic N) is 1. The van der Waals surface area contributed by atoms with E-state index in [9.17, 15) is 14.0 Å². The minimum Gasteiger partial charge on any atom is -0.491 e. The van der Waals surface area contributed by atoms with Gasteiger partial charge in [0.05, 0.1) is 11.8 Å². The van der Waals surface area contributed by atoms with Crippen molar-refractivity contribution in [3.63, 3.8) is 0 Å². The van der Waals surface area contributed by atoms with Crippen LogP contribution in [0.15, 0.2) is 66.9 Å². The van der Waals surface area contributed by atoms with E-state index in [1.165, 1.54) is 36.5 Å². The number of halogens is 1. The monoisotopic (exact) mass is 393 g/mol. The SMILES string of the molecule is CC(C)Oc1ccc(NC(=O)c2cc(C(=O)Nc3ccccc3F)ccn2)cc1. The molecular weight excluding hydrogens is 373 g/mol. The number of rotatable bonds is 6. The summed E-state index contributed by atoms with van der Waals surface area (Å²) in [6, 6.07) is 15.6. The summed E-state index contributed by atoms with van der Waals surface area (Å²) in [5.41, 5.74) is 0.876. The normalized spacial score (nSPS) is 10.5. The summed E-state index contributed by atoms with van der Waals surface area (Å²) < 4.78 is 19.3. The van der Waals surface area contributed by atoms with E-state index in [1.807, 2.05) is 13.8 Å². The van der Waals surface area contributed by atoms with E-state index in [2.05, 4.69) is 15.6 Å². The third-order valence-electron chi connectivity index (χ3n) is 3.86. The highest BCUT2D eigenvalue weighted by Gasteiger charge is 2.14. The van der Waals surface area contributed by atoms with Crippen LogP contribution in [0.5, 0.6) is 5.75 Å². The molecule has 1 heterocycles. The average molecular weight is 393 g/mol. The molecule has 2 N–H and O–H groups in total. The van der Waals surface area contributed by atoms with E-state index in [-0.39, 0.29) is 23.0 Å². The van der Waals surface area contributed by atoms with Crippen LogP contribution in [0.4, 0.5) is 15.8 Å². The second kappa shape index (κ2) is 8.97. The largest absolute Gasteiger partial charge is 0.491 e. The predicted octanol–water partition coefficient (Wildman–Crippen LogP) is 4.51. The molecule has 1 aromatic heterocycles. The van der Waals surface area contributed by atoms with Crippen molar-refractivity contribution in [2.75, 3.05) is 10.6 Å². The topological polar surface area (TPSA) is 80.3 Å². The molecule has 2 amide bonds. The predicted molar refractivity (Wildman–Crippen MR) is 109 cm³/mol. The molecule has 0 aliphatic carbocycles. The molecule has 0 unspecified atom stereocenters. The zero-order valence-corrected chi connectivity index (χ0v) is 16.0. The number of carbonyl (C=O) groups is 2. The lowest BCUT2D eigenvalue weighted by atomic mass is 10.2. The molecule has 29 heavy (non-hydrogen) atoms. The van der Waals surface area contributed by atoms with Crippen LogP contribution >= 0.6 is 0 Å². The molecule has 148 valence electrons. The van der Waals surface area contributed by atoms with Gasteiger partial charge in [0, 0.05) is 17.4 Å². The van der Waals surface area contributed by atoms with Crippen molar-refractivity contribution in [2.24, 2.45) is 0 Å². The maximum Gasteiger partial charge on any atom is 0.274 e. The van der Waals surface area contributed by atoms with Crippen molar-refractivity contribution in [3.05, 3.63) is 83.9 Å². The fraction of sp³-hybridized carbons (Fsp3) is 0.136. The lowest BCUT2D eigenvalue weighted by Crippen LogP contribution is -2.17. The second-order valence-corrected chi connectivity index (χ2v) is 6.51. The quantitative estimate of drug-likeness (QED) is 0.646. The molecular formula is C22H20FN3O3. The average Bonchev–Trinajstić information content (AvgIpc) is 2.71. The molecule has 0 bridgehead atoms. The van der Waals surface area contributed by atoms with E-state index in [0.29, 0.717) is 11.4 Å². The van der Waals surface area contributed by atoms with E-state index in [1.54, 1.807) is 30.3 Å². The molecule has 6 nitrogen and oxygen atoms in total. The van der Waals surface area contributed by atoms with E-state index >= 15 is 0 Å². The van der Waals surface area contributed by atoms with Crippen LogP contribution < -0.4 is 15.4 Å². The molecule has 0 aliphatic rings. The van der Waals surface area contributed by atoms with Gasteiger partial charge >= 0.3 is 0 Å². The highest BCUT2D eigenvalue weighted by atomic mass is 19.1. The summed E-state index contributed by atoms with van der Waals surface area (Å²) >= 11 is 0. The molecule has 0 spiro atoms. The lowest BCUT2D eigenvalue weighted by molar-refractivity contribution is 0.102. The number of ether oxygens (including phenoxy) is 1. The molecule has 2 aromatic carbocycles. The van der Waals surface area contributed by atoms with E-state index in [4.69, 9.17) is 4.74 Å². The van der Waals surface area contributed by atoms with Crippen LogP contribution in [0.1, 0.15) is 34.7 Å². The van der Waals surface area contributed by atoms with Crippen molar-refractivity contribution in [2.45, 2.75) is 20.0 Å². The van der Waals surface area contributed by atoms with Crippen molar-refractivity contribution < 1.29 is 18.7 Å². The lowest BCUT2D eigenvalue weighted by Gasteiger charge is -2.11. The second-order valence-electron chi connectivity index (χ2n) is 6.51. The zero-order chi connectivity index (χ0) is 20.8. The number of hydrogen-bond acceptors (Lipinski definition) is 4. The fourth-order valence-electron chi connectivity index (χ4n) is 2.54. The maximum absolute atomic E-state index is 13.7. The van der Waals surface area contributed by atoms with Gasteiger partial charge in [-0.05, 0) is 62.4 Å². The number of carbonyl (C=O) groups excluding carboxylic acids is 2. The Labute approximate surface area is 167 Å². The first-order valence-electron chi connectivity index (χ1n) is 9.02. The number of benzene rings is 2. The minimum atomic E-state index is -0.544. The van der Waals surface area contributed by atoms with Gasteiger partial charge in [0.1, 0.15) is 17.3 Å². The first-order valence-corrected chi connectivity index (χ1v) is 9.02. The molecule has 0 fully saturated rings. The van der Waals surface area contributed by atoms with Crippen LogP contribution in [0, 0.1) is 5.82 Å². The van der Waals surface area contributed by atoms with Gasteiger partial charge in [-0.2, -0.15) is 0 Å². The smallest absolute Gasteiger partial charge is 0.274 e. The van der Waals surface area contributed by atoms with E-state index < -0.39 is 17.6 Å². The Hall–Kier alpha value is -3.74. The van der Waals surface area contributed by atoms with Crippen LogP contribution in [-0.2, 0) is 0 Å². The standard InChI is InChI=1S/C22H20FN3O3/c1-14(2)29-17-9-7-16(8-10-17)25-22(28)20-13-15(11-12-24-20)21(27)26-19-6-4-3-5-18(19)23/h3-14H,1-2H3,(H,25,28)(H,26,27). The van der Waals surface area contributed by atoms with Gasteiger partial charge in [0.2, 0.25) is 0 Å². The summed E-state index contributed by atoms with van der Waals surface area (Å²) in [7, 11) is 0. The van der Waals surface area contributed by atoms with Crippen molar-refractivity contribution in [1.29, 1.82) is 0 Å². The Balaban J connectivity index is 1.69. The van der Waals surface area contributed by atoms with Gasteiger partial charge in [-0.3, -0.25) is 14.6 Å². The number of pyridine rings is 1. The molecule has 0 saturated heterocycles. The summed E-state index contributed by atoms with van der Waals surface area (Å²) in [4.78, 5) is 28.8. The van der Waals surface area contributed by atoms with Gasteiger partial charge in [-0.15, -0.1) is 0 Å². The van der Waals surface area contributed by atoms with Gasteiger partial charge < -0.3 is 15.4 Å². The van der Waals surface area contributed by atoms with Gasteiger partial charge in [0.15, 0.2) is 0 Å². The minimum absolute atomic E-state index is 0.0536. The van der Waals surface area contributed by atoms with Gasteiger partial charge in [-0.1, -0.05) is 12.1 Å². The Morgan fingerprint density at radius 1 is 0.966 bits per heavy atom. The van der Waals surface area contributed by atoms with E-state index in [0.717, 1.165) is 0 Å². The number of aromatic nitrogens is 1. The number of hydrogen-bond donors (Lipinski definition) is 2. The molecule has 3 rings (SSSR count). The van der Waals surface area contributed by atoms with Gasteiger partial charge in [-0.25, -0.2) is 4.39 Å². The number of amides is 2. The maximum atomic E-state index is 13.7. The Morgan fingerprint density at radius 3 is 2.38 bits per heavy atom. The Kier molecular flexibility index (Phi) is 6.19. The summed E-state index contributed by atoms with van der Waals surface area (Å²) in [5.74, 6) is -0.856. The van der Waals surface area contributed by atoms with Crippen LogP contribution in [0.25, 0.3) is 0 Å². The van der Waals surface area contributed by atoms with Gasteiger partial charge in [0.25, 0.3) is 11.8 Å². The molecule has 0 atom stereocenters. The molecule has 7 heteroatoms. The molecule has 0 saturated carbocycles. The first-order chi connectivity index (χ1) is 13.9. The molecule has 3 aromatic rings. The summed E-state index contributed by atoms with van der Waals surface area (Å²) in [6.07, 6.45) is 1.41. The summed E-state index contributed by atoms with van der Waals surface area (Å²) in [6.45, 7) is 3.85. The van der Waals surface area contributed by atoms with Crippen molar-refractivity contribution in [3.8, 4) is 5.75 Å². The fourth-order valence-corrected chi connectivity index (χ4v) is 2.54. The number of anilines is 2. The third kappa shape index (κ3) is 5.38. The molecule has 0 aliphatic heterocycles. The Morgan fingerprint density at radius 2 is 1.69 bits per heavy atom.